The standard InChI is InChI=1S/C18H20N2O7/c1-3-27-18(22)14-8-9-16(21)17(11(14)2)15(10-19(23)24)12-4-6-13(7-5-12)20(25)26/h4-7,14-15H,3,8-10H2,1-2H3/t14-,15+/m1/s1. The zero-order chi connectivity index (χ0) is 20.1. The van der Waals surface area contributed by atoms with Gasteiger partial charge in [-0.3, -0.25) is 29.8 Å². The third-order valence-electron chi connectivity index (χ3n) is 4.67. The van der Waals surface area contributed by atoms with Crippen LogP contribution in [0.2, 0.25) is 0 Å². The smallest absolute Gasteiger partial charge is 0.313 e. The zero-order valence-corrected chi connectivity index (χ0v) is 15.0. The summed E-state index contributed by atoms with van der Waals surface area (Å²) in [5, 5.41) is 22.0. The minimum atomic E-state index is -0.884. The molecule has 0 spiro atoms. The number of hydrogen-bond acceptors (Lipinski definition) is 7. The second kappa shape index (κ2) is 8.52. The Hall–Kier alpha value is -3.10. The summed E-state index contributed by atoms with van der Waals surface area (Å²) < 4.78 is 5.05. The predicted molar refractivity (Wildman–Crippen MR) is 94.8 cm³/mol. The fraction of sp³-hybridized carbons (Fsp3) is 0.444. The van der Waals surface area contributed by atoms with Crippen molar-refractivity contribution in [2.45, 2.75) is 32.6 Å². The Bertz CT molecular complexity index is 798. The van der Waals surface area contributed by atoms with Crippen LogP contribution in [0.5, 0.6) is 0 Å². The SMILES string of the molecule is CCOC(=O)[C@@H]1CCC(=O)C([C@@H](C[N+](=O)[O-])c2ccc([N+](=O)[O-])cc2)=C1C. The Balaban J connectivity index is 2.50. The molecule has 0 unspecified atom stereocenters. The molecular formula is C18H20N2O7. The minimum absolute atomic E-state index is 0.0946. The quantitative estimate of drug-likeness (QED) is 0.406. The van der Waals surface area contributed by atoms with E-state index in [1.807, 2.05) is 0 Å². The highest BCUT2D eigenvalue weighted by atomic mass is 16.6. The van der Waals surface area contributed by atoms with Gasteiger partial charge in [-0.1, -0.05) is 17.7 Å². The summed E-state index contributed by atoms with van der Waals surface area (Å²) >= 11 is 0. The van der Waals surface area contributed by atoms with Crippen molar-refractivity contribution in [2.75, 3.05) is 13.2 Å². The molecule has 0 aliphatic heterocycles. The predicted octanol–water partition coefficient (Wildman–Crippen LogP) is 2.81. The van der Waals surface area contributed by atoms with E-state index in [0.717, 1.165) is 0 Å². The summed E-state index contributed by atoms with van der Waals surface area (Å²) in [6.45, 7) is 2.95. The van der Waals surface area contributed by atoms with E-state index < -0.39 is 34.2 Å². The molecule has 0 N–H and O–H groups in total. The Morgan fingerprint density at radius 3 is 2.41 bits per heavy atom. The van der Waals surface area contributed by atoms with E-state index >= 15 is 0 Å². The first-order valence-electron chi connectivity index (χ1n) is 8.52. The van der Waals surface area contributed by atoms with Crippen LogP contribution in [0.1, 0.15) is 38.2 Å². The van der Waals surface area contributed by atoms with Gasteiger partial charge in [0.25, 0.3) is 5.69 Å². The van der Waals surface area contributed by atoms with Crippen molar-refractivity contribution in [2.24, 2.45) is 5.92 Å². The monoisotopic (exact) mass is 376 g/mol. The van der Waals surface area contributed by atoms with Crippen LogP contribution in [-0.4, -0.2) is 34.8 Å². The molecule has 0 amide bonds. The molecule has 2 rings (SSSR count). The van der Waals surface area contributed by atoms with Gasteiger partial charge in [0.15, 0.2) is 5.78 Å². The Labute approximate surface area is 155 Å². The first-order valence-corrected chi connectivity index (χ1v) is 8.52. The van der Waals surface area contributed by atoms with Crippen molar-refractivity contribution < 1.29 is 24.2 Å². The summed E-state index contributed by atoms with van der Waals surface area (Å²) in [4.78, 5) is 45.7. The average Bonchev–Trinajstić information content (AvgIpc) is 2.60. The van der Waals surface area contributed by atoms with Gasteiger partial charge in [0, 0.05) is 29.0 Å². The van der Waals surface area contributed by atoms with Crippen molar-refractivity contribution in [3.05, 3.63) is 61.2 Å². The number of benzene rings is 1. The fourth-order valence-electron chi connectivity index (χ4n) is 3.38. The molecule has 0 saturated carbocycles. The van der Waals surface area contributed by atoms with Gasteiger partial charge >= 0.3 is 5.97 Å². The number of ketones is 1. The van der Waals surface area contributed by atoms with Crippen LogP contribution in [0.25, 0.3) is 0 Å². The maximum Gasteiger partial charge on any atom is 0.313 e. The van der Waals surface area contributed by atoms with Gasteiger partial charge in [0.1, 0.15) is 0 Å². The van der Waals surface area contributed by atoms with Crippen molar-refractivity contribution in [3.63, 3.8) is 0 Å². The third kappa shape index (κ3) is 4.55. The number of Topliss-reactive ketones (excluding diaryl/α,β-unsaturated/α-hetero) is 1. The van der Waals surface area contributed by atoms with E-state index in [9.17, 15) is 29.8 Å². The highest BCUT2D eigenvalue weighted by Crippen LogP contribution is 2.37. The number of nitro benzene ring substituents is 1. The topological polar surface area (TPSA) is 130 Å². The molecule has 9 heteroatoms. The minimum Gasteiger partial charge on any atom is -0.466 e. The number of nitro groups is 2. The summed E-state index contributed by atoms with van der Waals surface area (Å²) in [6, 6.07) is 5.31. The van der Waals surface area contributed by atoms with Gasteiger partial charge in [-0.15, -0.1) is 0 Å². The Morgan fingerprint density at radius 1 is 1.26 bits per heavy atom. The Kier molecular flexibility index (Phi) is 6.38. The lowest BCUT2D eigenvalue weighted by atomic mass is 9.75. The molecule has 9 nitrogen and oxygen atoms in total. The van der Waals surface area contributed by atoms with Crippen LogP contribution in [0.15, 0.2) is 35.4 Å². The average molecular weight is 376 g/mol. The van der Waals surface area contributed by atoms with E-state index in [0.29, 0.717) is 17.6 Å². The van der Waals surface area contributed by atoms with Gasteiger partial charge < -0.3 is 4.74 Å². The molecule has 1 aromatic carbocycles. The molecule has 0 saturated heterocycles. The second-order valence-electron chi connectivity index (χ2n) is 6.28. The van der Waals surface area contributed by atoms with Crippen LogP contribution < -0.4 is 0 Å². The lowest BCUT2D eigenvalue weighted by Crippen LogP contribution is -2.30. The van der Waals surface area contributed by atoms with Crippen LogP contribution in [0.3, 0.4) is 0 Å². The maximum atomic E-state index is 12.6. The zero-order valence-electron chi connectivity index (χ0n) is 15.0. The highest BCUT2D eigenvalue weighted by molar-refractivity contribution is 6.00. The van der Waals surface area contributed by atoms with Crippen LogP contribution in [0, 0.1) is 26.1 Å². The van der Waals surface area contributed by atoms with Gasteiger partial charge in [-0.05, 0) is 25.8 Å². The van der Waals surface area contributed by atoms with E-state index in [-0.39, 0.29) is 30.1 Å². The van der Waals surface area contributed by atoms with Crippen molar-refractivity contribution in [3.8, 4) is 0 Å². The molecule has 27 heavy (non-hydrogen) atoms. The van der Waals surface area contributed by atoms with Gasteiger partial charge in [0.2, 0.25) is 6.54 Å². The molecule has 0 bridgehead atoms. The molecule has 1 aliphatic rings. The van der Waals surface area contributed by atoms with E-state index in [4.69, 9.17) is 4.74 Å². The second-order valence-corrected chi connectivity index (χ2v) is 6.28. The highest BCUT2D eigenvalue weighted by Gasteiger charge is 2.37. The molecule has 0 radical (unpaired) electrons. The maximum absolute atomic E-state index is 12.6. The normalized spacial score (nSPS) is 18.1. The van der Waals surface area contributed by atoms with Gasteiger partial charge in [0.05, 0.1) is 23.4 Å². The fourth-order valence-corrected chi connectivity index (χ4v) is 3.38. The van der Waals surface area contributed by atoms with Gasteiger partial charge in [-0.2, -0.15) is 0 Å². The first kappa shape index (κ1) is 20.2. The number of carbonyl (C=O) groups is 2. The molecular weight excluding hydrogens is 356 g/mol. The lowest BCUT2D eigenvalue weighted by molar-refractivity contribution is -0.481. The molecule has 1 aromatic rings. The molecule has 1 aliphatic carbocycles. The van der Waals surface area contributed by atoms with Crippen LogP contribution in [0.4, 0.5) is 5.69 Å². The van der Waals surface area contributed by atoms with Crippen LogP contribution in [-0.2, 0) is 14.3 Å². The number of nitrogens with zero attached hydrogens (tertiary/aromatic N) is 2. The first-order chi connectivity index (χ1) is 12.8. The van der Waals surface area contributed by atoms with E-state index in [1.54, 1.807) is 13.8 Å². The molecule has 2 atom stereocenters. The van der Waals surface area contributed by atoms with Crippen molar-refractivity contribution in [1.82, 2.24) is 0 Å². The van der Waals surface area contributed by atoms with E-state index in [2.05, 4.69) is 0 Å². The van der Waals surface area contributed by atoms with E-state index in [1.165, 1.54) is 24.3 Å². The summed E-state index contributed by atoms with van der Waals surface area (Å²) in [7, 11) is 0. The molecule has 0 aromatic heterocycles. The molecule has 0 heterocycles. The number of rotatable bonds is 7. The summed E-state index contributed by atoms with van der Waals surface area (Å²) in [5.41, 5.74) is 0.966. The number of carbonyl (C=O) groups excluding carboxylic acids is 2. The Morgan fingerprint density at radius 2 is 1.89 bits per heavy atom. The third-order valence-corrected chi connectivity index (χ3v) is 4.67. The number of non-ortho nitro benzene ring substituents is 1. The summed E-state index contributed by atoms with van der Waals surface area (Å²) in [6.07, 6.45) is 0.399. The molecule has 144 valence electrons. The number of hydrogen-bond donors (Lipinski definition) is 0. The van der Waals surface area contributed by atoms with Gasteiger partial charge in [-0.25, -0.2) is 0 Å². The van der Waals surface area contributed by atoms with Crippen LogP contribution >= 0.6 is 0 Å². The number of ether oxygens (including phenoxy) is 1. The largest absolute Gasteiger partial charge is 0.466 e. The lowest BCUT2D eigenvalue weighted by Gasteiger charge is -2.28. The van der Waals surface area contributed by atoms with Crippen molar-refractivity contribution in [1.29, 1.82) is 0 Å². The summed E-state index contributed by atoms with van der Waals surface area (Å²) in [5.74, 6) is -2.21. The van der Waals surface area contributed by atoms with Crippen molar-refractivity contribution >= 4 is 17.4 Å². The number of esters is 1. The molecule has 0 fully saturated rings.